The third kappa shape index (κ3) is 4.39. The molecule has 1 aromatic carbocycles. The van der Waals surface area contributed by atoms with Gasteiger partial charge in [0, 0.05) is 32.5 Å². The van der Waals surface area contributed by atoms with Crippen molar-refractivity contribution in [1.82, 2.24) is 14.9 Å². The topological polar surface area (TPSA) is 65.4 Å². The molecule has 0 aliphatic carbocycles. The summed E-state index contributed by atoms with van der Waals surface area (Å²) in [7, 11) is 3.56. The number of rotatable bonds is 7. The van der Waals surface area contributed by atoms with E-state index in [1.807, 2.05) is 42.1 Å². The van der Waals surface area contributed by atoms with Crippen molar-refractivity contribution in [2.24, 2.45) is 7.05 Å². The monoisotopic (exact) mass is 343 g/mol. The van der Waals surface area contributed by atoms with E-state index in [0.29, 0.717) is 6.42 Å². The molecule has 2 aromatic rings. The average molecular weight is 343 g/mol. The van der Waals surface area contributed by atoms with Gasteiger partial charge >= 0.3 is 0 Å². The van der Waals surface area contributed by atoms with Gasteiger partial charge in [0.2, 0.25) is 5.91 Å². The molecule has 1 aliphatic heterocycles. The molecule has 6 nitrogen and oxygen atoms in total. The van der Waals surface area contributed by atoms with Gasteiger partial charge in [0.1, 0.15) is 17.6 Å². The maximum absolute atomic E-state index is 12.5. The Morgan fingerprint density at radius 2 is 2.24 bits per heavy atom. The number of aryl methyl sites for hydroxylation is 1. The van der Waals surface area contributed by atoms with E-state index < -0.39 is 0 Å². The first-order valence-electron chi connectivity index (χ1n) is 8.69. The molecule has 2 heterocycles. The summed E-state index contributed by atoms with van der Waals surface area (Å²) in [6, 6.07) is 7.41. The number of hydrogen-bond donors (Lipinski definition) is 1. The largest absolute Gasteiger partial charge is 0.497 e. The van der Waals surface area contributed by atoms with Crippen molar-refractivity contribution in [3.8, 4) is 5.75 Å². The predicted molar refractivity (Wildman–Crippen MR) is 94.4 cm³/mol. The van der Waals surface area contributed by atoms with E-state index >= 15 is 0 Å². The second kappa shape index (κ2) is 8.16. The van der Waals surface area contributed by atoms with Crippen molar-refractivity contribution in [2.45, 2.75) is 37.8 Å². The number of amides is 1. The standard InChI is InChI=1S/C19H25N3O3/c1-22-12-11-20-19(22)18(14-5-7-15(24-2)8-6-14)21-17(23)10-9-16-4-3-13-25-16/h5-8,11-12,16,18H,3-4,9-10,13H2,1-2H3,(H,21,23)/t16-,18+/m0/s1. The lowest BCUT2D eigenvalue weighted by molar-refractivity contribution is -0.122. The molecule has 1 amide bonds. The van der Waals surface area contributed by atoms with Gasteiger partial charge in [-0.05, 0) is 37.0 Å². The second-order valence-corrected chi connectivity index (χ2v) is 6.34. The fourth-order valence-electron chi connectivity index (χ4n) is 3.15. The molecule has 0 radical (unpaired) electrons. The molecule has 25 heavy (non-hydrogen) atoms. The number of imidazole rings is 1. The zero-order chi connectivity index (χ0) is 17.6. The Balaban J connectivity index is 1.71. The molecular formula is C19H25N3O3. The zero-order valence-corrected chi connectivity index (χ0v) is 14.8. The lowest BCUT2D eigenvalue weighted by Gasteiger charge is -2.20. The van der Waals surface area contributed by atoms with Crippen LogP contribution in [0.3, 0.4) is 0 Å². The average Bonchev–Trinajstić information content (AvgIpc) is 3.30. The van der Waals surface area contributed by atoms with Crippen molar-refractivity contribution < 1.29 is 14.3 Å². The van der Waals surface area contributed by atoms with Crippen molar-refractivity contribution in [2.75, 3.05) is 13.7 Å². The van der Waals surface area contributed by atoms with Crippen LogP contribution >= 0.6 is 0 Å². The summed E-state index contributed by atoms with van der Waals surface area (Å²) in [6.45, 7) is 0.814. The molecule has 0 spiro atoms. The minimum atomic E-state index is -0.289. The fraction of sp³-hybridized carbons (Fsp3) is 0.474. The van der Waals surface area contributed by atoms with Gasteiger partial charge in [-0.15, -0.1) is 0 Å². The van der Waals surface area contributed by atoms with Gasteiger partial charge in [-0.25, -0.2) is 4.98 Å². The van der Waals surface area contributed by atoms with Gasteiger partial charge in [-0.2, -0.15) is 0 Å². The second-order valence-electron chi connectivity index (χ2n) is 6.34. The number of benzene rings is 1. The lowest BCUT2D eigenvalue weighted by atomic mass is 10.0. The highest BCUT2D eigenvalue weighted by atomic mass is 16.5. The summed E-state index contributed by atoms with van der Waals surface area (Å²) in [5.74, 6) is 1.60. The van der Waals surface area contributed by atoms with Gasteiger partial charge in [-0.1, -0.05) is 12.1 Å². The van der Waals surface area contributed by atoms with Gasteiger partial charge < -0.3 is 19.4 Å². The normalized spacial score (nSPS) is 18.1. The van der Waals surface area contributed by atoms with E-state index in [1.165, 1.54) is 0 Å². The summed E-state index contributed by atoms with van der Waals surface area (Å²) in [5, 5.41) is 3.12. The number of aromatic nitrogens is 2. The Hall–Kier alpha value is -2.34. The molecular weight excluding hydrogens is 318 g/mol. The van der Waals surface area contributed by atoms with Crippen LogP contribution in [0.25, 0.3) is 0 Å². The minimum Gasteiger partial charge on any atom is -0.497 e. The Morgan fingerprint density at radius 3 is 2.84 bits per heavy atom. The molecule has 1 fully saturated rings. The minimum absolute atomic E-state index is 0.0133. The third-order valence-corrected chi connectivity index (χ3v) is 4.59. The van der Waals surface area contributed by atoms with E-state index in [-0.39, 0.29) is 18.1 Å². The molecule has 1 saturated heterocycles. The first-order valence-corrected chi connectivity index (χ1v) is 8.69. The van der Waals surface area contributed by atoms with Crippen LogP contribution in [0.1, 0.15) is 43.1 Å². The summed E-state index contributed by atoms with van der Waals surface area (Å²) < 4.78 is 12.7. The van der Waals surface area contributed by atoms with Gasteiger partial charge in [-0.3, -0.25) is 4.79 Å². The van der Waals surface area contributed by atoms with Crippen molar-refractivity contribution in [3.05, 3.63) is 48.0 Å². The summed E-state index contributed by atoms with van der Waals surface area (Å²) >= 11 is 0. The molecule has 1 aromatic heterocycles. The Morgan fingerprint density at radius 1 is 1.44 bits per heavy atom. The first kappa shape index (κ1) is 17.5. The molecule has 3 rings (SSSR count). The summed E-state index contributed by atoms with van der Waals surface area (Å²) in [6.07, 6.45) is 7.21. The number of nitrogens with one attached hydrogen (secondary N) is 1. The maximum atomic E-state index is 12.5. The number of nitrogens with zero attached hydrogens (tertiary/aromatic N) is 2. The fourth-order valence-corrected chi connectivity index (χ4v) is 3.15. The van der Waals surface area contributed by atoms with Gasteiger partial charge in [0.05, 0.1) is 13.2 Å². The molecule has 1 aliphatic rings. The summed E-state index contributed by atoms with van der Waals surface area (Å²) in [4.78, 5) is 16.9. The van der Waals surface area contributed by atoms with Crippen LogP contribution in [0.4, 0.5) is 0 Å². The van der Waals surface area contributed by atoms with Crippen LogP contribution in [0.5, 0.6) is 5.75 Å². The number of ether oxygens (including phenoxy) is 2. The molecule has 134 valence electrons. The van der Waals surface area contributed by atoms with E-state index in [1.54, 1.807) is 13.3 Å². The van der Waals surface area contributed by atoms with Crippen LogP contribution in [-0.2, 0) is 16.6 Å². The van der Waals surface area contributed by atoms with Gasteiger partial charge in [0.25, 0.3) is 0 Å². The molecule has 1 N–H and O–H groups in total. The van der Waals surface area contributed by atoms with Crippen LogP contribution < -0.4 is 10.1 Å². The molecule has 2 atom stereocenters. The highest BCUT2D eigenvalue weighted by Crippen LogP contribution is 2.23. The van der Waals surface area contributed by atoms with E-state index in [9.17, 15) is 4.79 Å². The lowest BCUT2D eigenvalue weighted by Crippen LogP contribution is -2.31. The van der Waals surface area contributed by atoms with Crippen LogP contribution in [0.2, 0.25) is 0 Å². The smallest absolute Gasteiger partial charge is 0.220 e. The molecule has 0 saturated carbocycles. The first-order chi connectivity index (χ1) is 12.2. The Labute approximate surface area is 148 Å². The number of hydrogen-bond acceptors (Lipinski definition) is 4. The predicted octanol–water partition coefficient (Wildman–Crippen LogP) is 2.59. The Bertz CT molecular complexity index is 690. The Kier molecular flexibility index (Phi) is 5.71. The summed E-state index contributed by atoms with van der Waals surface area (Å²) in [5.41, 5.74) is 0.973. The number of carbonyl (C=O) groups excluding carboxylic acids is 1. The number of carbonyl (C=O) groups is 1. The van der Waals surface area contributed by atoms with E-state index in [0.717, 1.165) is 43.0 Å². The SMILES string of the molecule is COc1ccc([C@@H](NC(=O)CC[C@@H]2CCCO2)c2nccn2C)cc1. The quantitative estimate of drug-likeness (QED) is 0.839. The molecule has 0 unspecified atom stereocenters. The van der Waals surface area contributed by atoms with Crippen molar-refractivity contribution in [3.63, 3.8) is 0 Å². The van der Waals surface area contributed by atoms with Crippen molar-refractivity contribution >= 4 is 5.91 Å². The van der Waals surface area contributed by atoms with E-state index in [2.05, 4.69) is 10.3 Å². The number of methoxy groups -OCH3 is 1. The maximum Gasteiger partial charge on any atom is 0.220 e. The molecule has 6 heteroatoms. The molecule has 0 bridgehead atoms. The third-order valence-electron chi connectivity index (χ3n) is 4.59. The zero-order valence-electron chi connectivity index (χ0n) is 14.8. The van der Waals surface area contributed by atoms with E-state index in [4.69, 9.17) is 9.47 Å². The highest BCUT2D eigenvalue weighted by Gasteiger charge is 2.22. The van der Waals surface area contributed by atoms with Crippen LogP contribution in [0.15, 0.2) is 36.7 Å². The van der Waals surface area contributed by atoms with Crippen LogP contribution in [-0.4, -0.2) is 35.3 Å². The highest BCUT2D eigenvalue weighted by molar-refractivity contribution is 5.76. The van der Waals surface area contributed by atoms with Crippen LogP contribution in [0, 0.1) is 0 Å². The van der Waals surface area contributed by atoms with Crippen molar-refractivity contribution in [1.29, 1.82) is 0 Å². The van der Waals surface area contributed by atoms with Gasteiger partial charge in [0.15, 0.2) is 0 Å².